The van der Waals surface area contributed by atoms with Crippen molar-refractivity contribution < 1.29 is 28.9 Å². The molecule has 0 amide bonds. The summed E-state index contributed by atoms with van der Waals surface area (Å²) in [5, 5.41) is 9.08. The number of nitrogens with zero attached hydrogens (tertiary/aromatic N) is 4. The van der Waals surface area contributed by atoms with Gasteiger partial charge in [0.25, 0.3) is 6.02 Å². The first-order valence-electron chi connectivity index (χ1n) is 14.3. The third-order valence-electron chi connectivity index (χ3n) is 7.60. The monoisotopic (exact) mass is 572 g/mol. The fourth-order valence-electron chi connectivity index (χ4n) is 5.42. The number of aromatic nitrogens is 1. The molecule has 0 saturated carbocycles. The minimum atomic E-state index is -0.976. The van der Waals surface area contributed by atoms with E-state index in [4.69, 9.17) is 19.3 Å². The Hall–Kier alpha value is -4.44. The van der Waals surface area contributed by atoms with Crippen LogP contribution in [-0.4, -0.2) is 76.7 Å². The van der Waals surface area contributed by atoms with E-state index in [2.05, 4.69) is 31.9 Å². The van der Waals surface area contributed by atoms with Crippen LogP contribution in [0.1, 0.15) is 53.0 Å². The van der Waals surface area contributed by atoms with Crippen molar-refractivity contribution in [1.29, 1.82) is 0 Å². The Labute approximate surface area is 245 Å². The Morgan fingerprint density at radius 2 is 1.79 bits per heavy atom. The third-order valence-corrected chi connectivity index (χ3v) is 7.60. The van der Waals surface area contributed by atoms with Crippen LogP contribution < -0.4 is 4.74 Å². The first-order chi connectivity index (χ1) is 20.4. The normalized spacial score (nSPS) is 18.6. The van der Waals surface area contributed by atoms with Gasteiger partial charge in [-0.15, -0.1) is 0 Å². The van der Waals surface area contributed by atoms with Gasteiger partial charge in [-0.1, -0.05) is 36.4 Å². The molecular weight excluding hydrogens is 536 g/mol. The zero-order chi connectivity index (χ0) is 29.5. The summed E-state index contributed by atoms with van der Waals surface area (Å²) in [5.74, 6) is -0.334. The molecule has 0 aliphatic carbocycles. The topological polar surface area (TPSA) is 114 Å². The van der Waals surface area contributed by atoms with Crippen LogP contribution in [-0.2, 0) is 20.8 Å². The van der Waals surface area contributed by atoms with Crippen LogP contribution in [0.25, 0.3) is 0 Å². The van der Waals surface area contributed by atoms with Crippen LogP contribution in [0.3, 0.4) is 0 Å². The first kappa shape index (κ1) is 29.1. The quantitative estimate of drug-likeness (QED) is 0.341. The summed E-state index contributed by atoms with van der Waals surface area (Å²) in [6.45, 7) is 7.11. The second-order valence-corrected chi connectivity index (χ2v) is 10.4. The molecule has 42 heavy (non-hydrogen) atoms. The Kier molecular flexibility index (Phi) is 9.33. The number of aromatic carboxylic acids is 1. The summed E-state index contributed by atoms with van der Waals surface area (Å²) in [7, 11) is 0. The van der Waals surface area contributed by atoms with Gasteiger partial charge in [0.05, 0.1) is 18.2 Å². The highest BCUT2D eigenvalue weighted by molar-refractivity contribution is 5.87. The van der Waals surface area contributed by atoms with Gasteiger partial charge < -0.3 is 24.2 Å². The van der Waals surface area contributed by atoms with Crippen LogP contribution >= 0.6 is 0 Å². The molecule has 0 bridgehead atoms. The number of esters is 1. The van der Waals surface area contributed by atoms with E-state index in [0.717, 1.165) is 43.7 Å². The summed E-state index contributed by atoms with van der Waals surface area (Å²) in [5.41, 5.74) is 3.40. The summed E-state index contributed by atoms with van der Waals surface area (Å²) >= 11 is 0. The number of carbonyl (C=O) groups excluding carboxylic acids is 1. The predicted octanol–water partition coefficient (Wildman–Crippen LogP) is 4.84. The van der Waals surface area contributed by atoms with E-state index in [1.807, 2.05) is 37.3 Å². The van der Waals surface area contributed by atoms with E-state index in [1.54, 1.807) is 19.1 Å². The van der Waals surface area contributed by atoms with Crippen molar-refractivity contribution in [2.75, 3.05) is 32.8 Å². The standard InChI is InChI=1S/C32H36N4O6/c1-3-40-30(37)19-33-32-36(28(21-41-32)23-7-5-4-6-8-23)26-15-17-35(18-16-26)20-25-11-14-29(34-22(25)2)42-27-12-9-24(10-13-27)31(38)39/h4-14,26,28H,3,15-21H2,1-2H3,(H,38,39)/t28-/m0/s1. The maximum absolute atomic E-state index is 12.0. The molecule has 5 rings (SSSR count). The zero-order valence-corrected chi connectivity index (χ0v) is 23.9. The number of hydrogen-bond acceptors (Lipinski definition) is 8. The molecule has 2 aromatic carbocycles. The number of piperidine rings is 1. The molecule has 10 nitrogen and oxygen atoms in total. The van der Waals surface area contributed by atoms with Crippen LogP contribution in [0.5, 0.6) is 11.6 Å². The average molecular weight is 573 g/mol. The number of pyridine rings is 1. The number of likely N-dealkylation sites (tertiary alicyclic amines) is 1. The number of aryl methyl sites for hydroxylation is 1. The minimum Gasteiger partial charge on any atom is -0.478 e. The Bertz CT molecular complexity index is 1400. The Morgan fingerprint density at radius 3 is 2.45 bits per heavy atom. The van der Waals surface area contributed by atoms with E-state index >= 15 is 0 Å². The van der Waals surface area contributed by atoms with E-state index in [9.17, 15) is 9.59 Å². The minimum absolute atomic E-state index is 0.0445. The lowest BCUT2D eigenvalue weighted by atomic mass is 9.98. The van der Waals surface area contributed by atoms with Gasteiger partial charge in [0.1, 0.15) is 18.9 Å². The number of carboxylic acids is 1. The highest BCUT2D eigenvalue weighted by Gasteiger charge is 2.39. The molecule has 10 heteroatoms. The van der Waals surface area contributed by atoms with Gasteiger partial charge in [-0.2, -0.15) is 0 Å². The maximum Gasteiger partial charge on any atom is 0.335 e. The van der Waals surface area contributed by atoms with E-state index in [-0.39, 0.29) is 30.2 Å². The lowest BCUT2D eigenvalue weighted by molar-refractivity contribution is -0.141. The molecule has 2 fully saturated rings. The molecule has 3 aromatic rings. The van der Waals surface area contributed by atoms with Gasteiger partial charge in [-0.3, -0.25) is 9.69 Å². The maximum atomic E-state index is 12.0. The van der Waals surface area contributed by atoms with E-state index in [1.165, 1.54) is 17.7 Å². The fraction of sp³-hybridized carbons (Fsp3) is 0.375. The summed E-state index contributed by atoms with van der Waals surface area (Å²) < 4.78 is 16.9. The van der Waals surface area contributed by atoms with Crippen LogP contribution in [0.4, 0.5) is 0 Å². The number of aliphatic imine (C=N–C) groups is 1. The second-order valence-electron chi connectivity index (χ2n) is 10.4. The van der Waals surface area contributed by atoms with Gasteiger partial charge in [0.2, 0.25) is 5.88 Å². The number of carboxylic acid groups (broad SMARTS) is 1. The summed E-state index contributed by atoms with van der Waals surface area (Å²) in [6.07, 6.45) is 1.87. The molecule has 1 aromatic heterocycles. The van der Waals surface area contributed by atoms with Crippen molar-refractivity contribution in [3.05, 3.63) is 89.1 Å². The number of rotatable bonds is 10. The number of hydrogen-bond donors (Lipinski definition) is 1. The molecule has 3 heterocycles. The van der Waals surface area contributed by atoms with Gasteiger partial charge >= 0.3 is 11.9 Å². The molecule has 1 atom stereocenters. The van der Waals surface area contributed by atoms with Crippen LogP contribution in [0.2, 0.25) is 0 Å². The molecule has 0 radical (unpaired) electrons. The first-order valence-corrected chi connectivity index (χ1v) is 14.3. The zero-order valence-electron chi connectivity index (χ0n) is 23.9. The Morgan fingerprint density at radius 1 is 1.05 bits per heavy atom. The van der Waals surface area contributed by atoms with Crippen molar-refractivity contribution in [3.63, 3.8) is 0 Å². The highest BCUT2D eigenvalue weighted by Crippen LogP contribution is 2.34. The lowest BCUT2D eigenvalue weighted by Crippen LogP contribution is -2.46. The van der Waals surface area contributed by atoms with Gasteiger partial charge in [0, 0.05) is 37.4 Å². The third kappa shape index (κ3) is 7.06. The van der Waals surface area contributed by atoms with Crippen LogP contribution in [0.15, 0.2) is 71.7 Å². The predicted molar refractivity (Wildman–Crippen MR) is 157 cm³/mol. The van der Waals surface area contributed by atoms with E-state index < -0.39 is 5.97 Å². The summed E-state index contributed by atoms with van der Waals surface area (Å²) in [6, 6.07) is 21.2. The van der Waals surface area contributed by atoms with Gasteiger partial charge in [0.15, 0.2) is 0 Å². The Balaban J connectivity index is 1.21. The second kappa shape index (κ2) is 13.5. The van der Waals surface area contributed by atoms with Crippen molar-refractivity contribution in [2.24, 2.45) is 4.99 Å². The average Bonchev–Trinajstić information content (AvgIpc) is 3.43. The molecule has 0 spiro atoms. The number of carbonyl (C=O) groups is 2. The SMILES string of the molecule is CCOC(=O)CN=C1OC[C@@H](c2ccccc2)N1C1CCN(Cc2ccc(Oc3ccc(C(=O)O)cc3)nc2C)CC1. The van der Waals surface area contributed by atoms with Gasteiger partial charge in [-0.25, -0.2) is 14.8 Å². The largest absolute Gasteiger partial charge is 0.478 e. The molecule has 2 aliphatic heterocycles. The fourth-order valence-corrected chi connectivity index (χ4v) is 5.42. The number of benzene rings is 2. The molecule has 2 saturated heterocycles. The van der Waals surface area contributed by atoms with Crippen molar-refractivity contribution in [3.8, 4) is 11.6 Å². The van der Waals surface area contributed by atoms with Crippen LogP contribution in [0, 0.1) is 6.92 Å². The van der Waals surface area contributed by atoms with E-state index in [0.29, 0.717) is 30.9 Å². The number of amidine groups is 1. The smallest absolute Gasteiger partial charge is 0.335 e. The van der Waals surface area contributed by atoms with Crippen molar-refractivity contribution in [1.82, 2.24) is 14.8 Å². The molecular formula is C32H36N4O6. The molecule has 1 N–H and O–H groups in total. The van der Waals surface area contributed by atoms with Crippen molar-refractivity contribution >= 4 is 18.0 Å². The lowest BCUT2D eigenvalue weighted by Gasteiger charge is -2.39. The van der Waals surface area contributed by atoms with Crippen molar-refractivity contribution in [2.45, 2.75) is 45.3 Å². The molecule has 220 valence electrons. The molecule has 2 aliphatic rings. The highest BCUT2D eigenvalue weighted by atomic mass is 16.5. The molecule has 0 unspecified atom stereocenters. The summed E-state index contributed by atoms with van der Waals surface area (Å²) in [4.78, 5) is 36.9. The number of ether oxygens (including phenoxy) is 3. The van der Waals surface area contributed by atoms with Gasteiger partial charge in [-0.05, 0) is 62.1 Å².